The second-order valence-electron chi connectivity index (χ2n) is 8.49. The van der Waals surface area contributed by atoms with Gasteiger partial charge >= 0.3 is 0 Å². The van der Waals surface area contributed by atoms with Crippen molar-refractivity contribution in [2.75, 3.05) is 32.8 Å². The Morgan fingerprint density at radius 3 is 2.50 bits per heavy atom. The highest BCUT2D eigenvalue weighted by molar-refractivity contribution is 6.41. The summed E-state index contributed by atoms with van der Waals surface area (Å²) < 4.78 is 5.92. The van der Waals surface area contributed by atoms with E-state index in [4.69, 9.17) is 4.74 Å². The summed E-state index contributed by atoms with van der Waals surface area (Å²) in [5.41, 5.74) is 0.350. The van der Waals surface area contributed by atoms with Gasteiger partial charge < -0.3 is 14.9 Å². The molecule has 1 aromatic carbocycles. The van der Waals surface area contributed by atoms with Crippen molar-refractivity contribution in [2.24, 2.45) is 11.0 Å². The van der Waals surface area contributed by atoms with Gasteiger partial charge in [-0.2, -0.15) is 4.59 Å². The molecule has 1 heterocycles. The van der Waals surface area contributed by atoms with E-state index in [9.17, 15) is 15.0 Å². The Morgan fingerprint density at radius 2 is 1.87 bits per heavy atom. The Labute approximate surface area is 181 Å². The van der Waals surface area contributed by atoms with Crippen molar-refractivity contribution in [3.05, 3.63) is 35.9 Å². The van der Waals surface area contributed by atoms with Gasteiger partial charge in [0.1, 0.15) is 25.7 Å². The molecule has 1 saturated heterocycles. The Bertz CT molecular complexity index is 656. The average Bonchev–Trinajstić information content (AvgIpc) is 2.76. The zero-order valence-corrected chi connectivity index (χ0v) is 18.6. The van der Waals surface area contributed by atoms with Crippen molar-refractivity contribution in [3.63, 3.8) is 0 Å². The summed E-state index contributed by atoms with van der Waals surface area (Å²) in [6, 6.07) is 8.52. The molecule has 1 aliphatic rings. The topological polar surface area (TPSA) is 81.9 Å². The minimum absolute atomic E-state index is 0.120. The molecule has 0 spiro atoms. The molecule has 2 unspecified atom stereocenters. The average molecular weight is 419 g/mol. The smallest absolute Gasteiger partial charge is 0.201 e. The van der Waals surface area contributed by atoms with Crippen LogP contribution in [0.25, 0.3) is 0 Å². The lowest BCUT2D eigenvalue weighted by Crippen LogP contribution is -2.53. The molecule has 6 heteroatoms. The number of Topliss-reactive ketones (excluding diaryl/α,β-unsaturated/α-hetero) is 1. The minimum Gasteiger partial charge on any atom is -0.852 e. The van der Waals surface area contributed by atoms with Gasteiger partial charge in [0.05, 0.1) is 12.5 Å². The Morgan fingerprint density at radius 1 is 1.17 bits per heavy atom. The number of hydrogen-bond donors (Lipinski definition) is 1. The molecule has 0 aromatic heterocycles. The lowest BCUT2D eigenvalue weighted by molar-refractivity contribution is -0.942. The third-order valence-electron chi connectivity index (χ3n) is 5.94. The van der Waals surface area contributed by atoms with Gasteiger partial charge in [-0.15, -0.1) is 0 Å². The van der Waals surface area contributed by atoms with Crippen LogP contribution in [0.15, 0.2) is 35.4 Å². The van der Waals surface area contributed by atoms with Crippen LogP contribution in [-0.2, 0) is 4.74 Å². The number of nitrogens with zero attached hydrogens (tertiary/aromatic N) is 2. The second-order valence-corrected chi connectivity index (χ2v) is 8.49. The molecule has 1 aromatic rings. The van der Waals surface area contributed by atoms with Crippen molar-refractivity contribution in [1.29, 1.82) is 0 Å². The van der Waals surface area contributed by atoms with E-state index in [2.05, 4.69) is 18.9 Å². The lowest BCUT2D eigenvalue weighted by atomic mass is 10.0. The molecule has 0 aliphatic carbocycles. The number of rotatable bonds is 13. The van der Waals surface area contributed by atoms with Crippen LogP contribution in [0.1, 0.15) is 69.2 Å². The van der Waals surface area contributed by atoms with Crippen molar-refractivity contribution >= 4 is 11.7 Å². The van der Waals surface area contributed by atoms with Crippen molar-refractivity contribution in [1.82, 2.24) is 0 Å². The van der Waals surface area contributed by atoms with Crippen LogP contribution >= 0.6 is 0 Å². The monoisotopic (exact) mass is 418 g/mol. The molecule has 0 radical (unpaired) electrons. The maximum atomic E-state index is 12.6. The summed E-state index contributed by atoms with van der Waals surface area (Å²) in [4.78, 5) is 12.5. The number of hydrogen-bond acceptors (Lipinski definition) is 5. The van der Waals surface area contributed by atoms with Gasteiger partial charge in [0.25, 0.3) is 0 Å². The number of carbonyl (C=O) groups excluding carboxylic acids is 1. The normalized spacial score (nSPS) is 18.7. The van der Waals surface area contributed by atoms with E-state index >= 15 is 0 Å². The van der Waals surface area contributed by atoms with Gasteiger partial charge in [-0.1, -0.05) is 68.5 Å². The summed E-state index contributed by atoms with van der Waals surface area (Å²) in [6.07, 6.45) is 6.82. The fourth-order valence-electron chi connectivity index (χ4n) is 4.09. The first-order chi connectivity index (χ1) is 14.5. The molecule has 2 rings (SSSR count). The first kappa shape index (κ1) is 24.5. The molecule has 1 fully saturated rings. The number of benzene rings is 1. The molecule has 1 N–H and O–H groups in total. The molecule has 30 heavy (non-hydrogen) atoms. The highest BCUT2D eigenvalue weighted by atomic mass is 16.5. The van der Waals surface area contributed by atoms with Crippen molar-refractivity contribution < 1.29 is 24.3 Å². The van der Waals surface area contributed by atoms with E-state index in [1.165, 1.54) is 12.8 Å². The summed E-state index contributed by atoms with van der Waals surface area (Å²) in [7, 11) is 0. The van der Waals surface area contributed by atoms with Crippen LogP contribution in [0.4, 0.5) is 0 Å². The molecule has 2 atom stereocenters. The van der Waals surface area contributed by atoms with Gasteiger partial charge in [-0.05, 0) is 31.6 Å². The van der Waals surface area contributed by atoms with Crippen LogP contribution in [0, 0.1) is 5.92 Å². The number of aliphatic hydroxyl groups is 1. The number of aliphatic hydroxyl groups excluding tert-OH is 1. The Kier molecular flexibility index (Phi) is 10.5. The quantitative estimate of drug-likeness (QED) is 0.231. The molecule has 0 bridgehead atoms. The summed E-state index contributed by atoms with van der Waals surface area (Å²) in [5, 5.41) is 27.5. The predicted molar refractivity (Wildman–Crippen MR) is 117 cm³/mol. The molecule has 6 nitrogen and oxygen atoms in total. The van der Waals surface area contributed by atoms with Crippen molar-refractivity contribution in [2.45, 2.75) is 64.9 Å². The number of piperidine rings is 1. The second kappa shape index (κ2) is 12.8. The lowest BCUT2D eigenvalue weighted by Gasteiger charge is -2.38. The fourth-order valence-corrected chi connectivity index (χ4v) is 4.09. The van der Waals surface area contributed by atoms with E-state index in [-0.39, 0.29) is 11.2 Å². The summed E-state index contributed by atoms with van der Waals surface area (Å²) in [6.45, 7) is 6.88. The van der Waals surface area contributed by atoms with Gasteiger partial charge in [-0.3, -0.25) is 4.79 Å². The van der Waals surface area contributed by atoms with E-state index in [1.807, 2.05) is 0 Å². The molecular weight excluding hydrogens is 380 g/mol. The zero-order valence-electron chi connectivity index (χ0n) is 18.6. The molecular formula is C24H38N2O4. The van der Waals surface area contributed by atoms with E-state index in [0.29, 0.717) is 37.7 Å². The largest absolute Gasteiger partial charge is 0.852 e. The van der Waals surface area contributed by atoms with Gasteiger partial charge in [0, 0.05) is 12.2 Å². The molecule has 0 amide bonds. The van der Waals surface area contributed by atoms with Crippen LogP contribution in [0.2, 0.25) is 0 Å². The van der Waals surface area contributed by atoms with E-state index in [0.717, 1.165) is 32.1 Å². The Balaban J connectivity index is 1.97. The number of likely N-dealkylation sites (tertiary alicyclic amines) is 1. The maximum Gasteiger partial charge on any atom is 0.201 e. The molecule has 0 saturated carbocycles. The van der Waals surface area contributed by atoms with Crippen LogP contribution in [-0.4, -0.2) is 60.3 Å². The summed E-state index contributed by atoms with van der Waals surface area (Å²) >= 11 is 0. The van der Waals surface area contributed by atoms with Gasteiger partial charge in [-0.25, -0.2) is 0 Å². The maximum absolute atomic E-state index is 12.6. The highest BCUT2D eigenvalue weighted by Crippen LogP contribution is 2.21. The third-order valence-corrected chi connectivity index (χ3v) is 5.94. The van der Waals surface area contributed by atoms with E-state index < -0.39 is 17.8 Å². The summed E-state index contributed by atoms with van der Waals surface area (Å²) in [5.74, 6) is -0.807. The molecule has 1 aliphatic heterocycles. The number of quaternary nitrogens is 1. The number of carbonyl (C=O) groups is 1. The highest BCUT2D eigenvalue weighted by Gasteiger charge is 2.33. The third kappa shape index (κ3) is 7.82. The van der Waals surface area contributed by atoms with Crippen LogP contribution < -0.4 is 5.11 Å². The molecule has 168 valence electrons. The van der Waals surface area contributed by atoms with Crippen LogP contribution in [0.5, 0.6) is 0 Å². The fraction of sp³-hybridized carbons (Fsp3) is 0.667. The minimum atomic E-state index is -0.734. The van der Waals surface area contributed by atoms with Gasteiger partial charge in [0.2, 0.25) is 5.78 Å². The number of ether oxygens (including phenoxy) is 1. The number of unbranched alkanes of at least 4 members (excludes halogenated alkanes) is 1. The van der Waals surface area contributed by atoms with E-state index in [1.54, 1.807) is 30.3 Å². The first-order valence-electron chi connectivity index (χ1n) is 11.5. The van der Waals surface area contributed by atoms with Crippen molar-refractivity contribution in [3.8, 4) is 0 Å². The Hall–Kier alpha value is -1.76. The number of ketones is 1. The predicted octanol–water partition coefficient (Wildman–Crippen LogP) is 3.14. The standard InChI is InChI=1S/C24H38N2O4/c1-3-5-12-20(4-2)18-30-19-22(27)17-26(15-10-7-11-16-26)25-24(29)23(28)21-13-8-6-9-14-21/h6,8-9,13-14,20,22,27H,3-5,7,10-12,15-19H2,1-2H3. The van der Waals surface area contributed by atoms with Crippen LogP contribution in [0.3, 0.4) is 0 Å². The SMILES string of the molecule is CCCCC(CC)COCC(O)C[N+]1(/N=C(\[O-])C(=O)c2ccccc2)CCCCC1. The first-order valence-corrected chi connectivity index (χ1v) is 11.5. The van der Waals surface area contributed by atoms with Gasteiger partial charge in [0.15, 0.2) is 0 Å². The zero-order chi connectivity index (χ0) is 21.8.